The van der Waals surface area contributed by atoms with Crippen LogP contribution in [0.5, 0.6) is 0 Å². The van der Waals surface area contributed by atoms with E-state index in [2.05, 4.69) is 15.9 Å². The third-order valence-corrected chi connectivity index (χ3v) is 7.63. The number of carbonyl (C=O) groups is 1. The quantitative estimate of drug-likeness (QED) is 0.725. The van der Waals surface area contributed by atoms with Crippen LogP contribution in [0.25, 0.3) is 0 Å². The molecule has 0 atom stereocenters. The zero-order valence-electron chi connectivity index (χ0n) is 12.3. The lowest BCUT2D eigenvalue weighted by Gasteiger charge is -2.24. The summed E-state index contributed by atoms with van der Waals surface area (Å²) < 4.78 is 27.2. The molecule has 0 fully saturated rings. The first-order chi connectivity index (χ1) is 9.77. The molecule has 0 aliphatic heterocycles. The van der Waals surface area contributed by atoms with Gasteiger partial charge in [-0.2, -0.15) is 4.31 Å². The predicted octanol–water partition coefficient (Wildman–Crippen LogP) is 3.66. The van der Waals surface area contributed by atoms with Gasteiger partial charge in [0.25, 0.3) is 0 Å². The minimum Gasteiger partial charge on any atom is -0.477 e. The number of hydrogen-bond acceptors (Lipinski definition) is 4. The lowest BCUT2D eigenvalue weighted by atomic mass is 10.0. The zero-order valence-corrected chi connectivity index (χ0v) is 15.5. The van der Waals surface area contributed by atoms with E-state index in [1.54, 1.807) is 6.92 Å². The number of carboxylic acid groups (broad SMARTS) is 1. The number of nitrogens with zero attached hydrogens (tertiary/aromatic N) is 1. The highest BCUT2D eigenvalue weighted by molar-refractivity contribution is 9.11. The maximum absolute atomic E-state index is 12.7. The van der Waals surface area contributed by atoms with E-state index in [1.807, 2.05) is 13.8 Å². The van der Waals surface area contributed by atoms with Crippen molar-refractivity contribution >= 4 is 43.3 Å². The Balaban J connectivity index is 3.15. The van der Waals surface area contributed by atoms with Crippen molar-refractivity contribution in [1.82, 2.24) is 4.31 Å². The number of rotatable bonds is 8. The van der Waals surface area contributed by atoms with Crippen molar-refractivity contribution in [1.29, 1.82) is 0 Å². The predicted molar refractivity (Wildman–Crippen MR) is 87.5 cm³/mol. The Labute approximate surface area is 138 Å². The molecule has 21 heavy (non-hydrogen) atoms. The van der Waals surface area contributed by atoms with Gasteiger partial charge in [0.15, 0.2) is 0 Å². The van der Waals surface area contributed by atoms with Crippen molar-refractivity contribution in [2.75, 3.05) is 13.1 Å². The maximum atomic E-state index is 12.7. The van der Waals surface area contributed by atoms with Gasteiger partial charge in [-0.1, -0.05) is 33.6 Å². The van der Waals surface area contributed by atoms with Crippen LogP contribution in [0.3, 0.4) is 0 Å². The van der Waals surface area contributed by atoms with E-state index in [9.17, 15) is 13.2 Å². The average molecular weight is 398 g/mol. The normalized spacial score (nSPS) is 12.3. The van der Waals surface area contributed by atoms with Crippen LogP contribution >= 0.6 is 27.3 Å². The van der Waals surface area contributed by atoms with E-state index >= 15 is 0 Å². The molecule has 0 bridgehead atoms. The molecule has 1 N–H and O–H groups in total. The van der Waals surface area contributed by atoms with E-state index in [0.717, 1.165) is 24.2 Å². The van der Waals surface area contributed by atoms with Crippen LogP contribution in [-0.4, -0.2) is 36.9 Å². The minimum atomic E-state index is -3.68. The molecule has 0 aromatic carbocycles. The van der Waals surface area contributed by atoms with Gasteiger partial charge in [-0.05, 0) is 27.9 Å². The highest BCUT2D eigenvalue weighted by Gasteiger charge is 2.29. The fraction of sp³-hybridized carbons (Fsp3) is 0.615. The molecule has 1 aromatic heterocycles. The molecule has 0 radical (unpaired) electrons. The van der Waals surface area contributed by atoms with Crippen molar-refractivity contribution in [3.8, 4) is 0 Å². The zero-order chi connectivity index (χ0) is 16.2. The molecule has 0 unspecified atom stereocenters. The molecule has 0 saturated heterocycles. The Morgan fingerprint density at radius 3 is 2.33 bits per heavy atom. The van der Waals surface area contributed by atoms with Gasteiger partial charge in [-0.15, -0.1) is 11.3 Å². The molecule has 120 valence electrons. The first kappa shape index (κ1) is 18.6. The number of thiophene rings is 1. The van der Waals surface area contributed by atoms with Gasteiger partial charge in [0.1, 0.15) is 9.77 Å². The Morgan fingerprint density at radius 2 is 1.95 bits per heavy atom. The van der Waals surface area contributed by atoms with Crippen LogP contribution < -0.4 is 0 Å². The molecule has 0 aliphatic carbocycles. The SMILES string of the molecule is CCC(CC)CN(CC)S(=O)(=O)c1cc(C(=O)O)sc1Br. The van der Waals surface area contributed by atoms with E-state index in [4.69, 9.17) is 5.11 Å². The van der Waals surface area contributed by atoms with E-state index < -0.39 is 16.0 Å². The standard InChI is InChI=1S/C13H20BrNO4S2/c1-4-9(5-2)8-15(6-3)21(18,19)11-7-10(13(16)17)20-12(11)14/h7,9H,4-6,8H2,1-3H3,(H,16,17). The largest absolute Gasteiger partial charge is 0.477 e. The van der Waals surface area contributed by atoms with Crippen LogP contribution in [0.15, 0.2) is 14.7 Å². The number of aromatic carboxylic acids is 1. The molecule has 5 nitrogen and oxygen atoms in total. The highest BCUT2D eigenvalue weighted by Crippen LogP contribution is 2.34. The molecular formula is C13H20BrNO4S2. The third kappa shape index (κ3) is 4.28. The molecule has 1 rings (SSSR count). The van der Waals surface area contributed by atoms with Crippen molar-refractivity contribution in [3.05, 3.63) is 14.7 Å². The summed E-state index contributed by atoms with van der Waals surface area (Å²) in [7, 11) is -3.68. The molecule has 1 heterocycles. The van der Waals surface area contributed by atoms with E-state index in [0.29, 0.717) is 22.8 Å². The Bertz CT molecular complexity index is 593. The fourth-order valence-corrected chi connectivity index (χ4v) is 5.88. The molecule has 0 spiro atoms. The summed E-state index contributed by atoms with van der Waals surface area (Å²) in [5, 5.41) is 8.99. The summed E-state index contributed by atoms with van der Waals surface area (Å²) in [6.45, 7) is 6.69. The average Bonchev–Trinajstić information content (AvgIpc) is 2.83. The van der Waals surface area contributed by atoms with Crippen LogP contribution in [0.1, 0.15) is 43.3 Å². The summed E-state index contributed by atoms with van der Waals surface area (Å²) in [5.74, 6) is -0.818. The number of carboxylic acids is 1. The van der Waals surface area contributed by atoms with Crippen molar-refractivity contribution in [3.63, 3.8) is 0 Å². The smallest absolute Gasteiger partial charge is 0.345 e. The maximum Gasteiger partial charge on any atom is 0.345 e. The first-order valence-electron chi connectivity index (χ1n) is 6.80. The third-order valence-electron chi connectivity index (χ3n) is 3.45. The fourth-order valence-electron chi connectivity index (χ4n) is 2.00. The molecule has 0 saturated carbocycles. The van der Waals surface area contributed by atoms with Crippen LogP contribution in [-0.2, 0) is 10.0 Å². The summed E-state index contributed by atoms with van der Waals surface area (Å²) in [6.07, 6.45) is 1.82. The Kier molecular flexibility index (Phi) is 6.83. The molecule has 1 aromatic rings. The number of halogens is 1. The van der Waals surface area contributed by atoms with E-state index in [1.165, 1.54) is 10.4 Å². The minimum absolute atomic E-state index is 0.0130. The van der Waals surface area contributed by atoms with Gasteiger partial charge < -0.3 is 5.11 Å². The molecule has 0 aliphatic rings. The summed E-state index contributed by atoms with van der Waals surface area (Å²) in [5.41, 5.74) is 0. The first-order valence-corrected chi connectivity index (χ1v) is 9.85. The lowest BCUT2D eigenvalue weighted by molar-refractivity contribution is 0.0702. The second kappa shape index (κ2) is 7.71. The number of sulfonamides is 1. The summed E-state index contributed by atoms with van der Waals surface area (Å²) in [4.78, 5) is 11.0. The topological polar surface area (TPSA) is 74.7 Å². The molecule has 0 amide bonds. The second-order valence-corrected chi connectivity index (χ2v) is 8.97. The van der Waals surface area contributed by atoms with Gasteiger partial charge in [-0.3, -0.25) is 0 Å². The Hall–Kier alpha value is -0.440. The van der Waals surface area contributed by atoms with Crippen molar-refractivity contribution in [2.45, 2.75) is 38.5 Å². The monoisotopic (exact) mass is 397 g/mol. The van der Waals surface area contributed by atoms with E-state index in [-0.39, 0.29) is 9.77 Å². The van der Waals surface area contributed by atoms with Crippen LogP contribution in [0.4, 0.5) is 0 Å². The second-order valence-electron chi connectivity index (χ2n) is 4.69. The van der Waals surface area contributed by atoms with Gasteiger partial charge >= 0.3 is 5.97 Å². The Morgan fingerprint density at radius 1 is 1.38 bits per heavy atom. The van der Waals surface area contributed by atoms with Gasteiger partial charge in [0, 0.05) is 13.1 Å². The summed E-state index contributed by atoms with van der Waals surface area (Å²) in [6, 6.07) is 1.22. The highest BCUT2D eigenvalue weighted by atomic mass is 79.9. The van der Waals surface area contributed by atoms with Gasteiger partial charge in [0.2, 0.25) is 10.0 Å². The van der Waals surface area contributed by atoms with Gasteiger partial charge in [0.05, 0.1) is 3.79 Å². The molecular weight excluding hydrogens is 378 g/mol. The van der Waals surface area contributed by atoms with Crippen molar-refractivity contribution < 1.29 is 18.3 Å². The molecule has 8 heteroatoms. The number of hydrogen-bond donors (Lipinski definition) is 1. The van der Waals surface area contributed by atoms with Crippen molar-refractivity contribution in [2.24, 2.45) is 5.92 Å². The van der Waals surface area contributed by atoms with Crippen LogP contribution in [0.2, 0.25) is 0 Å². The lowest BCUT2D eigenvalue weighted by Crippen LogP contribution is -2.35. The van der Waals surface area contributed by atoms with Crippen LogP contribution in [0, 0.1) is 5.92 Å². The summed E-state index contributed by atoms with van der Waals surface area (Å²) >= 11 is 4.09. The van der Waals surface area contributed by atoms with Gasteiger partial charge in [-0.25, -0.2) is 13.2 Å².